The molecule has 0 aromatic carbocycles. The number of aromatic nitrogens is 2. The summed E-state index contributed by atoms with van der Waals surface area (Å²) in [5, 5.41) is -3.01. The van der Waals surface area contributed by atoms with Crippen LogP contribution >= 0.6 is 0 Å². The van der Waals surface area contributed by atoms with E-state index in [0.29, 0.717) is 14.2 Å². The van der Waals surface area contributed by atoms with Crippen LogP contribution in [0.5, 0.6) is 5.88 Å². The van der Waals surface area contributed by atoms with Crippen molar-refractivity contribution in [2.24, 2.45) is 13.0 Å². The Morgan fingerprint density at radius 2 is 1.63 bits per heavy atom. The summed E-state index contributed by atoms with van der Waals surface area (Å²) >= 11 is -4.70. The van der Waals surface area contributed by atoms with Gasteiger partial charge in [0.1, 0.15) is 0 Å². The smallest absolute Gasteiger partial charge is 0.424 e. The first-order chi connectivity index (χ1) is 13.3. The van der Waals surface area contributed by atoms with Crippen LogP contribution in [0.3, 0.4) is 0 Å². The minimum atomic E-state index is -6.02. The highest BCUT2D eigenvalue weighted by molar-refractivity contribution is 7.81. The molecule has 1 aliphatic carbocycles. The Hall–Kier alpha value is -2.07. The lowest BCUT2D eigenvalue weighted by Gasteiger charge is -2.55. The zero-order valence-electron chi connectivity index (χ0n) is 14.8. The number of rotatable bonds is 5. The summed E-state index contributed by atoms with van der Waals surface area (Å²) in [5.74, 6) is -18.3. The summed E-state index contributed by atoms with van der Waals surface area (Å²) in [6.45, 7) is -0.0280. The van der Waals surface area contributed by atoms with Crippen LogP contribution in [0.4, 0.5) is 43.9 Å². The molecule has 0 radical (unpaired) electrons. The van der Waals surface area contributed by atoms with Crippen LogP contribution < -0.4 is 4.18 Å². The van der Waals surface area contributed by atoms with Crippen LogP contribution in [-0.4, -0.2) is 49.8 Å². The second-order valence-corrected chi connectivity index (χ2v) is 7.26. The van der Waals surface area contributed by atoms with Crippen LogP contribution in [0.25, 0.3) is 0 Å². The maximum atomic E-state index is 14.3. The van der Waals surface area contributed by atoms with Crippen molar-refractivity contribution in [1.82, 2.24) is 9.78 Å². The SMILES string of the molecule is COC(=O)c1c(C(F)(F)F)c(OS(=O)C(F)(F)C2(F)C(C)C(F)(F)C2(F)F)nn1C. The molecule has 0 aliphatic heterocycles. The molecule has 172 valence electrons. The van der Waals surface area contributed by atoms with Crippen molar-refractivity contribution in [2.45, 2.75) is 35.9 Å². The number of esters is 1. The molecule has 2 rings (SSSR count). The van der Waals surface area contributed by atoms with Crippen molar-refractivity contribution in [3.05, 3.63) is 11.3 Å². The number of methoxy groups -OCH3 is 1. The third-order valence-electron chi connectivity index (χ3n) is 4.48. The molecule has 1 saturated carbocycles. The molecule has 6 nitrogen and oxygen atoms in total. The van der Waals surface area contributed by atoms with Gasteiger partial charge in [-0.25, -0.2) is 13.4 Å². The van der Waals surface area contributed by atoms with E-state index in [1.807, 2.05) is 0 Å². The van der Waals surface area contributed by atoms with Gasteiger partial charge in [-0.05, 0) is 0 Å². The Kier molecular flexibility index (Phi) is 5.42. The van der Waals surface area contributed by atoms with E-state index in [1.54, 1.807) is 0 Å². The maximum absolute atomic E-state index is 14.3. The van der Waals surface area contributed by atoms with E-state index in [4.69, 9.17) is 0 Å². The summed E-state index contributed by atoms with van der Waals surface area (Å²) in [7, 11) is 1.34. The van der Waals surface area contributed by atoms with Gasteiger partial charge in [-0.2, -0.15) is 39.5 Å². The number of halogens is 10. The van der Waals surface area contributed by atoms with Gasteiger partial charge in [-0.1, -0.05) is 6.92 Å². The van der Waals surface area contributed by atoms with Crippen LogP contribution in [0.2, 0.25) is 0 Å². The minimum absolute atomic E-state index is 0.0280. The summed E-state index contributed by atoms with van der Waals surface area (Å²) in [5.41, 5.74) is -9.02. The molecule has 0 saturated heterocycles. The van der Waals surface area contributed by atoms with E-state index < -0.39 is 69.0 Å². The van der Waals surface area contributed by atoms with Gasteiger partial charge < -0.3 is 8.92 Å². The lowest BCUT2D eigenvalue weighted by Crippen LogP contribution is -2.82. The zero-order chi connectivity index (χ0) is 23.7. The highest BCUT2D eigenvalue weighted by Crippen LogP contribution is 2.69. The third kappa shape index (κ3) is 2.87. The average Bonchev–Trinajstić information content (AvgIpc) is 2.94. The molecule has 30 heavy (non-hydrogen) atoms. The Labute approximate surface area is 162 Å². The van der Waals surface area contributed by atoms with E-state index in [9.17, 15) is 52.9 Å². The molecule has 17 heteroatoms. The fourth-order valence-electron chi connectivity index (χ4n) is 2.78. The first-order valence-electron chi connectivity index (χ1n) is 7.45. The predicted octanol–water partition coefficient (Wildman–Crippen LogP) is 3.49. The molecule has 1 fully saturated rings. The maximum Gasteiger partial charge on any atom is 0.424 e. The average molecular weight is 480 g/mol. The van der Waals surface area contributed by atoms with Crippen LogP contribution in [0.15, 0.2) is 0 Å². The molecule has 3 unspecified atom stereocenters. The normalized spacial score (nSPS) is 26.6. The van der Waals surface area contributed by atoms with Gasteiger partial charge in [0.2, 0.25) is 0 Å². The Morgan fingerprint density at radius 3 is 2.03 bits per heavy atom. The number of hydrogen-bond acceptors (Lipinski definition) is 5. The summed E-state index contributed by atoms with van der Waals surface area (Å²) in [6.07, 6.45) is -5.55. The number of aryl methyl sites for hydroxylation is 1. The molecule has 3 atom stereocenters. The van der Waals surface area contributed by atoms with Crippen molar-refractivity contribution < 1.29 is 61.8 Å². The van der Waals surface area contributed by atoms with Gasteiger partial charge in [0.15, 0.2) is 11.3 Å². The first kappa shape index (κ1) is 24.2. The van der Waals surface area contributed by atoms with E-state index in [1.165, 1.54) is 0 Å². The van der Waals surface area contributed by atoms with E-state index in [-0.39, 0.29) is 11.6 Å². The molecule has 0 bridgehead atoms. The summed E-state index contributed by atoms with van der Waals surface area (Å²) in [6, 6.07) is 0. The summed E-state index contributed by atoms with van der Waals surface area (Å²) < 4.78 is 155. The van der Waals surface area contributed by atoms with E-state index >= 15 is 0 Å². The van der Waals surface area contributed by atoms with Crippen molar-refractivity contribution in [3.63, 3.8) is 0 Å². The molecular formula is C13H10F10N2O4S. The number of carbonyl (C=O) groups excluding carboxylic acids is 1. The van der Waals surface area contributed by atoms with E-state index in [0.717, 1.165) is 0 Å². The molecule has 0 amide bonds. The van der Waals surface area contributed by atoms with Gasteiger partial charge in [0, 0.05) is 7.05 Å². The van der Waals surface area contributed by atoms with Gasteiger partial charge in [0.05, 0.1) is 13.0 Å². The minimum Gasteiger partial charge on any atom is -0.464 e. The second-order valence-electron chi connectivity index (χ2n) is 6.11. The highest BCUT2D eigenvalue weighted by Gasteiger charge is 2.95. The Morgan fingerprint density at radius 1 is 1.13 bits per heavy atom. The fourth-order valence-corrected chi connectivity index (χ4v) is 3.69. The van der Waals surface area contributed by atoms with Crippen LogP contribution in [0.1, 0.15) is 23.0 Å². The van der Waals surface area contributed by atoms with Gasteiger partial charge in [-0.3, -0.25) is 4.68 Å². The van der Waals surface area contributed by atoms with Gasteiger partial charge in [0.25, 0.3) is 22.6 Å². The van der Waals surface area contributed by atoms with E-state index in [2.05, 4.69) is 14.0 Å². The Balaban J connectivity index is 2.52. The Bertz CT molecular complexity index is 899. The predicted molar refractivity (Wildman–Crippen MR) is 76.2 cm³/mol. The number of hydrogen-bond donors (Lipinski definition) is 0. The fraction of sp³-hybridized carbons (Fsp3) is 0.692. The van der Waals surface area contributed by atoms with Gasteiger partial charge >= 0.3 is 29.2 Å². The van der Waals surface area contributed by atoms with Crippen molar-refractivity contribution in [3.8, 4) is 5.88 Å². The topological polar surface area (TPSA) is 70.4 Å². The lowest BCUT2D eigenvalue weighted by atomic mass is 9.64. The molecule has 1 aromatic heterocycles. The van der Waals surface area contributed by atoms with Crippen LogP contribution in [-0.2, 0) is 29.0 Å². The standard InChI is InChI=1S/C13H10F10N2O4S/c1-4-9(14,12(20,21)10(4,15)16)13(22,23)30(27)29-7-5(11(17,18)19)6(8(26)28-3)25(2)24-7/h4H,1-3H3. The molecule has 1 heterocycles. The third-order valence-corrected chi connectivity index (χ3v) is 5.51. The number of ether oxygens (including phenoxy) is 1. The highest BCUT2D eigenvalue weighted by atomic mass is 32.2. The molecule has 1 aromatic rings. The van der Waals surface area contributed by atoms with Crippen molar-refractivity contribution >= 4 is 17.0 Å². The monoisotopic (exact) mass is 480 g/mol. The quantitative estimate of drug-likeness (QED) is 0.477. The number of alkyl halides is 10. The molecule has 0 N–H and O–H groups in total. The second kappa shape index (κ2) is 6.71. The van der Waals surface area contributed by atoms with Gasteiger partial charge in [-0.15, -0.1) is 5.10 Å². The summed E-state index contributed by atoms with van der Waals surface area (Å²) in [4.78, 5) is 11.5. The molecule has 1 aliphatic rings. The largest absolute Gasteiger partial charge is 0.464 e. The number of nitrogens with zero attached hydrogens (tertiary/aromatic N) is 2. The lowest BCUT2D eigenvalue weighted by molar-refractivity contribution is -0.421. The first-order valence-corrected chi connectivity index (χ1v) is 8.52. The van der Waals surface area contributed by atoms with Crippen molar-refractivity contribution in [1.29, 1.82) is 0 Å². The van der Waals surface area contributed by atoms with Crippen LogP contribution in [0, 0.1) is 5.92 Å². The molecular weight excluding hydrogens is 470 g/mol. The number of carbonyl (C=O) groups is 1. The molecule has 0 spiro atoms. The zero-order valence-corrected chi connectivity index (χ0v) is 15.6. The van der Waals surface area contributed by atoms with Crippen molar-refractivity contribution in [2.75, 3.05) is 7.11 Å².